The van der Waals surface area contributed by atoms with Gasteiger partial charge in [-0.2, -0.15) is 5.10 Å². The average molecular weight is 151 g/mol. The van der Waals surface area contributed by atoms with Gasteiger partial charge in [0.2, 0.25) is 0 Å². The minimum Gasteiger partial charge on any atom is -0.320 e. The Labute approximate surface area is 66.5 Å². The van der Waals surface area contributed by atoms with Crippen LogP contribution in [-0.2, 0) is 7.05 Å². The number of hydrogen-bond acceptors (Lipinski definition) is 2. The van der Waals surface area contributed by atoms with Gasteiger partial charge in [0.1, 0.15) is 0 Å². The van der Waals surface area contributed by atoms with Gasteiger partial charge in [-0.05, 0) is 13.0 Å². The number of nitrogens with zero attached hydrogens (tertiary/aromatic N) is 2. The fourth-order valence-corrected chi connectivity index (χ4v) is 1.06. The van der Waals surface area contributed by atoms with Gasteiger partial charge in [-0.25, -0.2) is 0 Å². The smallest absolute Gasteiger partial charge is 0.0650 e. The number of nitrogens with two attached hydrogens (primary N) is 1. The second kappa shape index (κ2) is 2.88. The lowest BCUT2D eigenvalue weighted by molar-refractivity contribution is 0.678. The van der Waals surface area contributed by atoms with E-state index in [0.29, 0.717) is 0 Å². The van der Waals surface area contributed by atoms with Crippen LogP contribution in [0.15, 0.2) is 18.7 Å². The molecule has 0 saturated heterocycles. The molecule has 1 heterocycles. The third kappa shape index (κ3) is 1.49. The van der Waals surface area contributed by atoms with Crippen molar-refractivity contribution in [3.8, 4) is 0 Å². The second-order valence-corrected chi connectivity index (χ2v) is 2.60. The Morgan fingerprint density at radius 2 is 2.45 bits per heavy atom. The molecule has 0 saturated carbocycles. The Balaban J connectivity index is 3.02. The Morgan fingerprint density at radius 1 is 1.82 bits per heavy atom. The van der Waals surface area contributed by atoms with Gasteiger partial charge < -0.3 is 5.73 Å². The van der Waals surface area contributed by atoms with Crippen molar-refractivity contribution in [2.24, 2.45) is 12.8 Å². The molecule has 1 unspecified atom stereocenters. The maximum absolute atomic E-state index is 5.73. The molecule has 2 N–H and O–H groups in total. The second-order valence-electron chi connectivity index (χ2n) is 2.60. The van der Waals surface area contributed by atoms with Crippen LogP contribution in [0.5, 0.6) is 0 Å². The zero-order valence-corrected chi connectivity index (χ0v) is 6.91. The number of aryl methyl sites for hydroxylation is 2. The normalized spacial score (nSPS) is 13.0. The summed E-state index contributed by atoms with van der Waals surface area (Å²) in [5.74, 6) is 0. The Kier molecular flexibility index (Phi) is 2.10. The first-order chi connectivity index (χ1) is 5.15. The first kappa shape index (κ1) is 8.01. The molecule has 0 aliphatic carbocycles. The van der Waals surface area contributed by atoms with Crippen LogP contribution in [0.1, 0.15) is 17.4 Å². The van der Waals surface area contributed by atoms with Crippen molar-refractivity contribution in [2.45, 2.75) is 13.0 Å². The standard InChI is InChI=1S/C8H13N3/c1-4-7(9)8-5-6(2)10-11(8)3/h4-5,7H,1,9H2,2-3H3. The van der Waals surface area contributed by atoms with Gasteiger partial charge in [0.25, 0.3) is 0 Å². The van der Waals surface area contributed by atoms with Crippen LogP contribution in [0.2, 0.25) is 0 Å². The van der Waals surface area contributed by atoms with Crippen LogP contribution < -0.4 is 5.73 Å². The maximum Gasteiger partial charge on any atom is 0.0650 e. The molecule has 3 heteroatoms. The van der Waals surface area contributed by atoms with Gasteiger partial charge in [-0.3, -0.25) is 4.68 Å². The molecule has 0 fully saturated rings. The molecule has 1 rings (SSSR count). The van der Waals surface area contributed by atoms with Crippen LogP contribution in [0.25, 0.3) is 0 Å². The van der Waals surface area contributed by atoms with Crippen molar-refractivity contribution < 1.29 is 0 Å². The molecule has 0 aliphatic heterocycles. The van der Waals surface area contributed by atoms with Crippen molar-refractivity contribution >= 4 is 0 Å². The van der Waals surface area contributed by atoms with E-state index >= 15 is 0 Å². The Hall–Kier alpha value is -1.09. The zero-order chi connectivity index (χ0) is 8.43. The van der Waals surface area contributed by atoms with Crippen molar-refractivity contribution in [1.82, 2.24) is 9.78 Å². The first-order valence-corrected chi connectivity index (χ1v) is 3.54. The highest BCUT2D eigenvalue weighted by molar-refractivity contribution is 5.16. The average Bonchev–Trinajstić information content (AvgIpc) is 2.28. The summed E-state index contributed by atoms with van der Waals surface area (Å²) in [4.78, 5) is 0. The molecule has 0 aromatic carbocycles. The highest BCUT2D eigenvalue weighted by Gasteiger charge is 2.06. The summed E-state index contributed by atoms with van der Waals surface area (Å²) >= 11 is 0. The SMILES string of the molecule is C=CC(N)c1cc(C)nn1C. The van der Waals surface area contributed by atoms with Crippen molar-refractivity contribution in [3.05, 3.63) is 30.1 Å². The fraction of sp³-hybridized carbons (Fsp3) is 0.375. The molecule has 0 radical (unpaired) electrons. The van der Waals surface area contributed by atoms with Crippen molar-refractivity contribution in [2.75, 3.05) is 0 Å². The predicted molar refractivity (Wildman–Crippen MR) is 45.1 cm³/mol. The Morgan fingerprint density at radius 3 is 2.82 bits per heavy atom. The summed E-state index contributed by atoms with van der Waals surface area (Å²) < 4.78 is 1.78. The summed E-state index contributed by atoms with van der Waals surface area (Å²) in [5, 5.41) is 4.17. The molecule has 60 valence electrons. The van der Waals surface area contributed by atoms with Crippen LogP contribution in [0.3, 0.4) is 0 Å². The van der Waals surface area contributed by atoms with E-state index in [4.69, 9.17) is 5.73 Å². The van der Waals surface area contributed by atoms with Gasteiger partial charge in [0.05, 0.1) is 17.4 Å². The van der Waals surface area contributed by atoms with Gasteiger partial charge in [0, 0.05) is 7.05 Å². The summed E-state index contributed by atoms with van der Waals surface area (Å²) in [5.41, 5.74) is 7.71. The topological polar surface area (TPSA) is 43.8 Å². The largest absolute Gasteiger partial charge is 0.320 e. The molecule has 11 heavy (non-hydrogen) atoms. The summed E-state index contributed by atoms with van der Waals surface area (Å²) in [6, 6.07) is 1.85. The molecule has 1 aromatic rings. The van der Waals surface area contributed by atoms with E-state index in [2.05, 4.69) is 11.7 Å². The molecule has 0 spiro atoms. The van der Waals surface area contributed by atoms with E-state index in [1.54, 1.807) is 10.8 Å². The summed E-state index contributed by atoms with van der Waals surface area (Å²) in [7, 11) is 1.88. The van der Waals surface area contributed by atoms with Crippen molar-refractivity contribution in [1.29, 1.82) is 0 Å². The number of aromatic nitrogens is 2. The minimum atomic E-state index is -0.110. The molecule has 1 atom stereocenters. The van der Waals surface area contributed by atoms with E-state index in [1.165, 1.54) is 0 Å². The third-order valence-corrected chi connectivity index (χ3v) is 1.63. The summed E-state index contributed by atoms with van der Waals surface area (Å²) in [6.45, 7) is 5.56. The molecule has 0 amide bonds. The number of hydrogen-bond donors (Lipinski definition) is 1. The van der Waals surface area contributed by atoms with E-state index < -0.39 is 0 Å². The summed E-state index contributed by atoms with van der Waals surface area (Å²) in [6.07, 6.45) is 1.70. The first-order valence-electron chi connectivity index (χ1n) is 3.54. The van der Waals surface area contributed by atoms with Crippen molar-refractivity contribution in [3.63, 3.8) is 0 Å². The fourth-order valence-electron chi connectivity index (χ4n) is 1.06. The van der Waals surface area contributed by atoms with Crippen LogP contribution in [-0.4, -0.2) is 9.78 Å². The van der Waals surface area contributed by atoms with Gasteiger partial charge >= 0.3 is 0 Å². The third-order valence-electron chi connectivity index (χ3n) is 1.63. The maximum atomic E-state index is 5.73. The lowest BCUT2D eigenvalue weighted by atomic mass is 10.2. The Bertz CT molecular complexity index is 262. The molecule has 0 aliphatic rings. The van der Waals surface area contributed by atoms with Gasteiger partial charge in [-0.15, -0.1) is 6.58 Å². The minimum absolute atomic E-state index is 0.110. The monoisotopic (exact) mass is 151 g/mol. The molecule has 3 nitrogen and oxygen atoms in total. The molecular formula is C8H13N3. The molecule has 0 bridgehead atoms. The van der Waals surface area contributed by atoms with E-state index in [9.17, 15) is 0 Å². The van der Waals surface area contributed by atoms with Gasteiger partial charge in [0.15, 0.2) is 0 Å². The lowest BCUT2D eigenvalue weighted by Crippen LogP contribution is -2.11. The quantitative estimate of drug-likeness (QED) is 0.638. The zero-order valence-electron chi connectivity index (χ0n) is 6.91. The van der Waals surface area contributed by atoms with E-state index in [1.807, 2.05) is 20.0 Å². The molecular weight excluding hydrogens is 138 g/mol. The van der Waals surface area contributed by atoms with Crippen LogP contribution >= 0.6 is 0 Å². The lowest BCUT2D eigenvalue weighted by Gasteiger charge is -2.04. The predicted octanol–water partition coefficient (Wildman–Crippen LogP) is 0.914. The molecule has 1 aromatic heterocycles. The van der Waals surface area contributed by atoms with E-state index in [0.717, 1.165) is 11.4 Å². The highest BCUT2D eigenvalue weighted by atomic mass is 15.3. The van der Waals surface area contributed by atoms with Crippen LogP contribution in [0.4, 0.5) is 0 Å². The highest BCUT2D eigenvalue weighted by Crippen LogP contribution is 2.10. The number of rotatable bonds is 2. The van der Waals surface area contributed by atoms with E-state index in [-0.39, 0.29) is 6.04 Å². The van der Waals surface area contributed by atoms with Gasteiger partial charge in [-0.1, -0.05) is 6.08 Å². The van der Waals surface area contributed by atoms with Crippen LogP contribution in [0, 0.1) is 6.92 Å².